The van der Waals surface area contributed by atoms with Gasteiger partial charge in [0.15, 0.2) is 6.61 Å². The number of hydrogen-bond acceptors (Lipinski definition) is 5. The third kappa shape index (κ3) is 5.73. The molecule has 0 fully saturated rings. The number of ether oxygens (including phenoxy) is 1. The van der Waals surface area contributed by atoms with Crippen LogP contribution < -0.4 is 10.6 Å². The number of carbonyl (C=O) groups is 3. The van der Waals surface area contributed by atoms with Crippen molar-refractivity contribution in [3.05, 3.63) is 79.4 Å². The van der Waals surface area contributed by atoms with Gasteiger partial charge in [0.25, 0.3) is 11.8 Å². The molecule has 0 spiro atoms. The van der Waals surface area contributed by atoms with E-state index in [4.69, 9.17) is 39.5 Å². The van der Waals surface area contributed by atoms with Crippen LogP contribution in [0.3, 0.4) is 0 Å². The smallest absolute Gasteiger partial charge is 0.338 e. The van der Waals surface area contributed by atoms with Crippen molar-refractivity contribution in [2.24, 2.45) is 0 Å². The maximum absolute atomic E-state index is 12.1. The third-order valence-corrected chi connectivity index (χ3v) is 5.41. The Morgan fingerprint density at radius 2 is 1.60 bits per heavy atom. The first-order valence-corrected chi connectivity index (χ1v) is 10.4. The lowest BCUT2D eigenvalue weighted by atomic mass is 10.2. The van der Waals surface area contributed by atoms with Crippen molar-refractivity contribution in [1.29, 1.82) is 0 Å². The van der Waals surface area contributed by atoms with E-state index in [1.54, 1.807) is 29.6 Å². The first kappa shape index (κ1) is 22.1. The molecular formula is C20H13Cl3N2O4S. The topological polar surface area (TPSA) is 84.5 Å². The quantitative estimate of drug-likeness (QED) is 0.437. The van der Waals surface area contributed by atoms with Gasteiger partial charge in [-0.15, -0.1) is 11.3 Å². The number of nitrogens with one attached hydrogen (secondary N) is 2. The second kappa shape index (κ2) is 9.95. The number of rotatable bonds is 6. The summed E-state index contributed by atoms with van der Waals surface area (Å²) in [4.78, 5) is 36.8. The van der Waals surface area contributed by atoms with Gasteiger partial charge in [0.2, 0.25) is 0 Å². The van der Waals surface area contributed by atoms with E-state index in [1.807, 2.05) is 0 Å². The SMILES string of the molecule is O=C(COC(=O)c1ccc(NC(=O)c2cccs2)cc1)Nc1c(Cl)cc(Cl)cc1Cl. The molecule has 0 atom stereocenters. The number of amides is 2. The van der Waals surface area contributed by atoms with Crippen molar-refractivity contribution in [3.63, 3.8) is 0 Å². The fourth-order valence-electron chi connectivity index (χ4n) is 2.34. The molecule has 0 aliphatic heterocycles. The molecule has 3 aromatic rings. The van der Waals surface area contributed by atoms with Crippen molar-refractivity contribution >= 4 is 75.3 Å². The van der Waals surface area contributed by atoms with E-state index in [0.29, 0.717) is 15.6 Å². The van der Waals surface area contributed by atoms with Crippen LogP contribution in [0.15, 0.2) is 53.9 Å². The maximum Gasteiger partial charge on any atom is 0.338 e. The van der Waals surface area contributed by atoms with Crippen LogP contribution in [0.1, 0.15) is 20.0 Å². The van der Waals surface area contributed by atoms with Crippen LogP contribution >= 0.6 is 46.1 Å². The molecule has 2 amide bonds. The van der Waals surface area contributed by atoms with E-state index in [2.05, 4.69) is 10.6 Å². The number of halogens is 3. The fourth-order valence-corrected chi connectivity index (χ4v) is 3.87. The van der Waals surface area contributed by atoms with Crippen molar-refractivity contribution in [3.8, 4) is 0 Å². The predicted molar refractivity (Wildman–Crippen MR) is 119 cm³/mol. The van der Waals surface area contributed by atoms with Crippen molar-refractivity contribution in [1.82, 2.24) is 0 Å². The molecule has 0 radical (unpaired) electrons. The normalized spacial score (nSPS) is 10.4. The zero-order valence-corrected chi connectivity index (χ0v) is 18.2. The van der Waals surface area contributed by atoms with Gasteiger partial charge in [-0.1, -0.05) is 40.9 Å². The van der Waals surface area contributed by atoms with Crippen LogP contribution in [-0.2, 0) is 9.53 Å². The Kier molecular flexibility index (Phi) is 7.33. The highest BCUT2D eigenvalue weighted by Gasteiger charge is 2.14. The molecule has 154 valence electrons. The van der Waals surface area contributed by atoms with E-state index in [-0.39, 0.29) is 27.2 Å². The second-order valence-corrected chi connectivity index (χ2v) is 8.08. The minimum Gasteiger partial charge on any atom is -0.452 e. The van der Waals surface area contributed by atoms with E-state index in [9.17, 15) is 14.4 Å². The number of benzene rings is 2. The van der Waals surface area contributed by atoms with Gasteiger partial charge in [-0.2, -0.15) is 0 Å². The minimum atomic E-state index is -0.699. The Morgan fingerprint density at radius 1 is 0.933 bits per heavy atom. The van der Waals surface area contributed by atoms with E-state index < -0.39 is 18.5 Å². The van der Waals surface area contributed by atoms with Crippen LogP contribution in [0.25, 0.3) is 0 Å². The molecule has 30 heavy (non-hydrogen) atoms. The number of anilines is 2. The number of hydrogen-bond donors (Lipinski definition) is 2. The average Bonchev–Trinajstić information content (AvgIpc) is 3.24. The molecule has 10 heteroatoms. The highest BCUT2D eigenvalue weighted by atomic mass is 35.5. The van der Waals surface area contributed by atoms with Gasteiger partial charge in [0, 0.05) is 10.7 Å². The van der Waals surface area contributed by atoms with Gasteiger partial charge >= 0.3 is 5.97 Å². The van der Waals surface area contributed by atoms with Crippen molar-refractivity contribution in [2.75, 3.05) is 17.2 Å². The van der Waals surface area contributed by atoms with Gasteiger partial charge in [-0.25, -0.2) is 4.79 Å². The standard InChI is InChI=1S/C20H13Cl3N2O4S/c21-12-8-14(22)18(15(23)9-12)25-17(26)10-29-20(28)11-3-5-13(6-4-11)24-19(27)16-2-1-7-30-16/h1-9H,10H2,(H,24,27)(H,25,26). The van der Waals surface area contributed by atoms with Gasteiger partial charge in [-0.3, -0.25) is 9.59 Å². The minimum absolute atomic E-state index is 0.160. The summed E-state index contributed by atoms with van der Waals surface area (Å²) in [5, 5.41) is 7.64. The molecule has 1 heterocycles. The van der Waals surface area contributed by atoms with Gasteiger partial charge < -0.3 is 15.4 Å². The molecule has 0 aliphatic rings. The summed E-state index contributed by atoms with van der Waals surface area (Å²) in [6, 6.07) is 12.4. The molecule has 3 rings (SSSR count). The Bertz CT molecular complexity index is 1060. The molecule has 2 aromatic carbocycles. The number of esters is 1. The molecular weight excluding hydrogens is 471 g/mol. The van der Waals surface area contributed by atoms with Crippen LogP contribution in [0.4, 0.5) is 11.4 Å². The summed E-state index contributed by atoms with van der Waals surface area (Å²) in [5.41, 5.74) is 0.920. The summed E-state index contributed by atoms with van der Waals surface area (Å²) in [7, 11) is 0. The molecule has 0 saturated heterocycles. The Labute approximate surface area is 190 Å². The molecule has 1 aromatic heterocycles. The third-order valence-electron chi connectivity index (χ3n) is 3.73. The molecule has 6 nitrogen and oxygen atoms in total. The highest BCUT2D eigenvalue weighted by Crippen LogP contribution is 2.33. The van der Waals surface area contributed by atoms with Crippen LogP contribution in [0.2, 0.25) is 15.1 Å². The average molecular weight is 484 g/mol. The fraction of sp³-hybridized carbons (Fsp3) is 0.0500. The van der Waals surface area contributed by atoms with Crippen LogP contribution in [-0.4, -0.2) is 24.4 Å². The van der Waals surface area contributed by atoms with Gasteiger partial charge in [0.05, 0.1) is 26.2 Å². The zero-order valence-electron chi connectivity index (χ0n) is 15.1. The first-order valence-electron chi connectivity index (χ1n) is 8.40. The summed E-state index contributed by atoms with van der Waals surface area (Å²) in [5.74, 6) is -1.56. The van der Waals surface area contributed by atoms with Crippen LogP contribution in [0.5, 0.6) is 0 Å². The highest BCUT2D eigenvalue weighted by molar-refractivity contribution is 7.12. The lowest BCUT2D eigenvalue weighted by Crippen LogP contribution is -2.21. The van der Waals surface area contributed by atoms with E-state index in [0.717, 1.165) is 0 Å². The summed E-state index contributed by atoms with van der Waals surface area (Å²) in [6.07, 6.45) is 0. The maximum atomic E-state index is 12.1. The van der Waals surface area contributed by atoms with Crippen molar-refractivity contribution in [2.45, 2.75) is 0 Å². The largest absolute Gasteiger partial charge is 0.452 e. The lowest BCUT2D eigenvalue weighted by molar-refractivity contribution is -0.119. The summed E-state index contributed by atoms with van der Waals surface area (Å²) in [6.45, 7) is -0.537. The monoisotopic (exact) mass is 482 g/mol. The van der Waals surface area contributed by atoms with E-state index in [1.165, 1.54) is 35.6 Å². The molecule has 0 aliphatic carbocycles. The molecule has 0 saturated carbocycles. The molecule has 0 bridgehead atoms. The molecule has 2 N–H and O–H groups in total. The lowest BCUT2D eigenvalue weighted by Gasteiger charge is -2.10. The van der Waals surface area contributed by atoms with Crippen molar-refractivity contribution < 1.29 is 19.1 Å². The number of thiophene rings is 1. The summed E-state index contributed by atoms with van der Waals surface area (Å²) < 4.78 is 5.00. The second-order valence-electron chi connectivity index (χ2n) is 5.88. The zero-order chi connectivity index (χ0) is 21.7. The van der Waals surface area contributed by atoms with Crippen LogP contribution in [0, 0.1) is 0 Å². The van der Waals surface area contributed by atoms with Gasteiger partial charge in [-0.05, 0) is 47.8 Å². The number of carbonyl (C=O) groups excluding carboxylic acids is 3. The van der Waals surface area contributed by atoms with E-state index >= 15 is 0 Å². The van der Waals surface area contributed by atoms with Gasteiger partial charge in [0.1, 0.15) is 0 Å². The first-order chi connectivity index (χ1) is 14.3. The molecule has 0 unspecified atom stereocenters. The Hall–Kier alpha value is -2.58. The Balaban J connectivity index is 1.53. The summed E-state index contributed by atoms with van der Waals surface area (Å²) >= 11 is 19.1. The predicted octanol–water partition coefficient (Wildman–Crippen LogP) is 5.76. The Morgan fingerprint density at radius 3 is 2.20 bits per heavy atom.